The van der Waals surface area contributed by atoms with E-state index in [0.717, 1.165) is 22.2 Å². The zero-order valence-corrected chi connectivity index (χ0v) is 12.6. The predicted molar refractivity (Wildman–Crippen MR) is 86.6 cm³/mol. The van der Waals surface area contributed by atoms with Gasteiger partial charge in [0, 0.05) is 28.5 Å². The number of nitrogens with two attached hydrogens (primary N) is 1. The van der Waals surface area contributed by atoms with Gasteiger partial charge in [0.05, 0.1) is 11.0 Å². The van der Waals surface area contributed by atoms with Crippen LogP contribution in [0.2, 0.25) is 10.0 Å². The SMILES string of the molecule is NC(Cc1ccc(Cl)cc1Cl)c1cccc2nccnc12. The summed E-state index contributed by atoms with van der Waals surface area (Å²) in [4.78, 5) is 8.68. The lowest BCUT2D eigenvalue weighted by Crippen LogP contribution is -2.14. The summed E-state index contributed by atoms with van der Waals surface area (Å²) in [7, 11) is 0. The highest BCUT2D eigenvalue weighted by Crippen LogP contribution is 2.27. The van der Waals surface area contributed by atoms with Crippen molar-refractivity contribution in [3.8, 4) is 0 Å². The topological polar surface area (TPSA) is 51.8 Å². The molecule has 0 amide bonds. The van der Waals surface area contributed by atoms with Crippen LogP contribution in [0.4, 0.5) is 0 Å². The van der Waals surface area contributed by atoms with Crippen LogP contribution in [0.3, 0.4) is 0 Å². The van der Waals surface area contributed by atoms with Gasteiger partial charge >= 0.3 is 0 Å². The number of halogens is 2. The molecule has 3 nitrogen and oxygen atoms in total. The summed E-state index contributed by atoms with van der Waals surface area (Å²) in [6.07, 6.45) is 3.97. The van der Waals surface area contributed by atoms with Crippen LogP contribution in [0.25, 0.3) is 11.0 Å². The molecule has 3 rings (SSSR count). The standard InChI is InChI=1S/C16H13Cl2N3/c17-11-5-4-10(13(18)9-11)8-14(19)12-2-1-3-15-16(12)21-7-6-20-15/h1-7,9,14H,8,19H2. The minimum absolute atomic E-state index is 0.205. The Labute approximate surface area is 132 Å². The van der Waals surface area contributed by atoms with Crippen molar-refractivity contribution >= 4 is 34.2 Å². The van der Waals surface area contributed by atoms with E-state index in [0.29, 0.717) is 16.5 Å². The third-order valence-corrected chi connectivity index (χ3v) is 3.97. The molecular weight excluding hydrogens is 305 g/mol. The van der Waals surface area contributed by atoms with Gasteiger partial charge in [-0.05, 0) is 35.7 Å². The zero-order chi connectivity index (χ0) is 14.8. The Balaban J connectivity index is 1.95. The van der Waals surface area contributed by atoms with Gasteiger partial charge in [-0.25, -0.2) is 0 Å². The van der Waals surface area contributed by atoms with Crippen molar-refractivity contribution in [1.29, 1.82) is 0 Å². The first kappa shape index (κ1) is 14.3. The smallest absolute Gasteiger partial charge is 0.0934 e. The molecule has 1 atom stereocenters. The summed E-state index contributed by atoms with van der Waals surface area (Å²) in [5.74, 6) is 0. The highest BCUT2D eigenvalue weighted by atomic mass is 35.5. The second-order valence-corrected chi connectivity index (χ2v) is 5.66. The van der Waals surface area contributed by atoms with Crippen LogP contribution in [0.15, 0.2) is 48.8 Å². The molecule has 1 unspecified atom stereocenters. The van der Waals surface area contributed by atoms with Crippen LogP contribution >= 0.6 is 23.2 Å². The highest BCUT2D eigenvalue weighted by molar-refractivity contribution is 6.35. The van der Waals surface area contributed by atoms with Gasteiger partial charge in [0.1, 0.15) is 0 Å². The quantitative estimate of drug-likeness (QED) is 0.788. The van der Waals surface area contributed by atoms with Gasteiger partial charge in [-0.1, -0.05) is 41.4 Å². The van der Waals surface area contributed by atoms with E-state index in [4.69, 9.17) is 28.9 Å². The molecule has 0 spiro atoms. The first-order valence-electron chi connectivity index (χ1n) is 6.54. The van der Waals surface area contributed by atoms with Gasteiger partial charge in [0.15, 0.2) is 0 Å². The van der Waals surface area contributed by atoms with E-state index in [2.05, 4.69) is 9.97 Å². The summed E-state index contributed by atoms with van der Waals surface area (Å²) in [5.41, 5.74) is 9.94. The average Bonchev–Trinajstić information content (AvgIpc) is 2.49. The third kappa shape index (κ3) is 3.00. The molecule has 1 heterocycles. The molecule has 0 aliphatic rings. The number of aromatic nitrogens is 2. The van der Waals surface area contributed by atoms with Gasteiger partial charge < -0.3 is 5.73 Å². The molecule has 0 bridgehead atoms. The normalized spacial score (nSPS) is 12.5. The molecule has 0 aliphatic heterocycles. The van der Waals surface area contributed by atoms with Crippen LogP contribution in [0.5, 0.6) is 0 Å². The Kier molecular flexibility index (Phi) is 4.06. The van der Waals surface area contributed by atoms with Gasteiger partial charge in [-0.15, -0.1) is 0 Å². The molecule has 1 aromatic heterocycles. The largest absolute Gasteiger partial charge is 0.324 e. The monoisotopic (exact) mass is 317 g/mol. The summed E-state index contributed by atoms with van der Waals surface area (Å²) >= 11 is 12.1. The second kappa shape index (κ2) is 5.98. The van der Waals surface area contributed by atoms with E-state index in [9.17, 15) is 0 Å². The van der Waals surface area contributed by atoms with E-state index < -0.39 is 0 Å². The fourth-order valence-corrected chi connectivity index (χ4v) is 2.83. The lowest BCUT2D eigenvalue weighted by Gasteiger charge is -2.15. The van der Waals surface area contributed by atoms with Crippen molar-refractivity contribution in [3.05, 3.63) is 70.0 Å². The molecule has 0 saturated carbocycles. The molecule has 0 fully saturated rings. The maximum atomic E-state index is 6.34. The summed E-state index contributed by atoms with van der Waals surface area (Å²) in [6.45, 7) is 0. The van der Waals surface area contributed by atoms with Crippen molar-refractivity contribution in [1.82, 2.24) is 9.97 Å². The van der Waals surface area contributed by atoms with E-state index >= 15 is 0 Å². The van der Waals surface area contributed by atoms with Crippen LogP contribution < -0.4 is 5.73 Å². The van der Waals surface area contributed by atoms with E-state index in [1.54, 1.807) is 18.5 Å². The maximum absolute atomic E-state index is 6.34. The van der Waals surface area contributed by atoms with Crippen LogP contribution in [0.1, 0.15) is 17.2 Å². The molecule has 106 valence electrons. The van der Waals surface area contributed by atoms with Gasteiger partial charge in [-0.3, -0.25) is 9.97 Å². The number of para-hydroxylation sites is 1. The number of rotatable bonds is 3. The molecule has 21 heavy (non-hydrogen) atoms. The summed E-state index contributed by atoms with van der Waals surface area (Å²) < 4.78 is 0. The fourth-order valence-electron chi connectivity index (χ4n) is 2.35. The lowest BCUT2D eigenvalue weighted by atomic mass is 9.98. The third-order valence-electron chi connectivity index (χ3n) is 3.38. The Hall–Kier alpha value is -1.68. The van der Waals surface area contributed by atoms with Crippen molar-refractivity contribution in [2.75, 3.05) is 0 Å². The molecular formula is C16H13Cl2N3. The Bertz CT molecular complexity index is 784. The summed E-state index contributed by atoms with van der Waals surface area (Å²) in [5, 5.41) is 1.25. The van der Waals surface area contributed by atoms with E-state index in [1.807, 2.05) is 30.3 Å². The number of hydrogen-bond acceptors (Lipinski definition) is 3. The van der Waals surface area contributed by atoms with Crippen molar-refractivity contribution in [2.24, 2.45) is 5.73 Å². The van der Waals surface area contributed by atoms with Gasteiger partial charge in [0.2, 0.25) is 0 Å². The minimum Gasteiger partial charge on any atom is -0.324 e. The molecule has 5 heteroatoms. The lowest BCUT2D eigenvalue weighted by molar-refractivity contribution is 0.726. The fraction of sp³-hybridized carbons (Fsp3) is 0.125. The van der Waals surface area contributed by atoms with E-state index in [1.165, 1.54) is 0 Å². The molecule has 2 N–H and O–H groups in total. The van der Waals surface area contributed by atoms with Crippen molar-refractivity contribution in [2.45, 2.75) is 12.5 Å². The Morgan fingerprint density at radius 1 is 1.05 bits per heavy atom. The van der Waals surface area contributed by atoms with Crippen LogP contribution in [-0.2, 0) is 6.42 Å². The molecule has 2 aromatic carbocycles. The van der Waals surface area contributed by atoms with Crippen LogP contribution in [-0.4, -0.2) is 9.97 Å². The van der Waals surface area contributed by atoms with E-state index in [-0.39, 0.29) is 6.04 Å². The van der Waals surface area contributed by atoms with Gasteiger partial charge in [-0.2, -0.15) is 0 Å². The Morgan fingerprint density at radius 3 is 2.67 bits per heavy atom. The predicted octanol–water partition coefficient (Wildman–Crippen LogP) is 4.18. The molecule has 3 aromatic rings. The molecule has 0 saturated heterocycles. The minimum atomic E-state index is -0.205. The Morgan fingerprint density at radius 2 is 1.86 bits per heavy atom. The number of hydrogen-bond donors (Lipinski definition) is 1. The van der Waals surface area contributed by atoms with Crippen molar-refractivity contribution in [3.63, 3.8) is 0 Å². The second-order valence-electron chi connectivity index (χ2n) is 4.82. The van der Waals surface area contributed by atoms with Gasteiger partial charge in [0.25, 0.3) is 0 Å². The number of fused-ring (bicyclic) bond motifs is 1. The number of nitrogens with zero attached hydrogens (tertiary/aromatic N) is 2. The summed E-state index contributed by atoms with van der Waals surface area (Å²) in [6, 6.07) is 11.1. The van der Waals surface area contributed by atoms with Crippen LogP contribution in [0, 0.1) is 0 Å². The zero-order valence-electron chi connectivity index (χ0n) is 11.1. The molecule has 0 aliphatic carbocycles. The number of benzene rings is 2. The first-order chi connectivity index (χ1) is 10.1. The highest BCUT2D eigenvalue weighted by Gasteiger charge is 2.13. The van der Waals surface area contributed by atoms with Crippen molar-refractivity contribution < 1.29 is 0 Å². The molecule has 0 radical (unpaired) electrons. The maximum Gasteiger partial charge on any atom is 0.0934 e. The first-order valence-corrected chi connectivity index (χ1v) is 7.30. The average molecular weight is 318 g/mol.